The van der Waals surface area contributed by atoms with Crippen LogP contribution in [-0.2, 0) is 9.59 Å². The van der Waals surface area contributed by atoms with Crippen molar-refractivity contribution in [2.45, 2.75) is 25.4 Å². The number of rotatable bonds is 4. The first-order valence-electron chi connectivity index (χ1n) is 8.38. The Labute approximate surface area is 165 Å². The number of carbonyl (C=O) groups is 2. The van der Waals surface area contributed by atoms with Gasteiger partial charge in [0.2, 0.25) is 5.91 Å². The smallest absolute Gasteiger partial charge is 0.277 e. The molecule has 1 aliphatic carbocycles. The topological polar surface area (TPSA) is 81.7 Å². The van der Waals surface area contributed by atoms with Crippen LogP contribution in [0.5, 0.6) is 0 Å². The second kappa shape index (κ2) is 7.98. The fraction of sp³-hybridized carbons (Fsp3) is 0.333. The summed E-state index contributed by atoms with van der Waals surface area (Å²) in [6, 6.07) is 4.04. The molecule has 1 aliphatic heterocycles. The molecule has 27 heavy (non-hydrogen) atoms. The molecule has 1 aromatic rings. The molecule has 144 valence electrons. The Kier molecular flexibility index (Phi) is 5.86. The number of nitrogens with one attached hydrogen (secondary N) is 2. The molecule has 3 atom stereocenters. The highest BCUT2D eigenvalue weighted by atomic mass is 35.5. The minimum Gasteiger partial charge on any atom is -0.311 e. The van der Waals surface area contributed by atoms with E-state index in [4.69, 9.17) is 28.4 Å². The maximum atomic E-state index is 14.4. The third kappa shape index (κ3) is 3.87. The molecule has 0 spiro atoms. The van der Waals surface area contributed by atoms with Crippen molar-refractivity contribution >= 4 is 40.7 Å². The van der Waals surface area contributed by atoms with Gasteiger partial charge in [0.15, 0.2) is 0 Å². The molecule has 0 aromatic heterocycles. The number of anilines is 1. The number of hydroxylamine groups is 1. The van der Waals surface area contributed by atoms with Crippen molar-refractivity contribution in [1.29, 1.82) is 0 Å². The van der Waals surface area contributed by atoms with Crippen LogP contribution in [0.15, 0.2) is 41.8 Å². The van der Waals surface area contributed by atoms with Crippen LogP contribution < -0.4 is 15.7 Å². The number of hydrogen-bond donors (Lipinski definition) is 3. The number of benzene rings is 1. The second-order valence-electron chi connectivity index (χ2n) is 6.47. The van der Waals surface area contributed by atoms with Crippen molar-refractivity contribution in [1.82, 2.24) is 10.8 Å². The molecule has 3 rings (SSSR count). The lowest BCUT2D eigenvalue weighted by molar-refractivity contribution is -0.125. The molecule has 6 nitrogen and oxygen atoms in total. The van der Waals surface area contributed by atoms with Gasteiger partial charge in [-0.3, -0.25) is 20.1 Å². The average Bonchev–Trinajstić information content (AvgIpc) is 3.01. The molecule has 1 fully saturated rings. The minimum atomic E-state index is -0.906. The minimum absolute atomic E-state index is 0.141. The van der Waals surface area contributed by atoms with E-state index in [-0.39, 0.29) is 11.5 Å². The van der Waals surface area contributed by atoms with Gasteiger partial charge < -0.3 is 4.90 Å². The van der Waals surface area contributed by atoms with Crippen molar-refractivity contribution < 1.29 is 19.2 Å². The third-order valence-electron chi connectivity index (χ3n) is 4.83. The summed E-state index contributed by atoms with van der Waals surface area (Å²) < 4.78 is 14.4. The number of hydrogen-bond acceptors (Lipinski definition) is 4. The predicted molar refractivity (Wildman–Crippen MR) is 101 cm³/mol. The molecule has 2 aliphatic rings. The van der Waals surface area contributed by atoms with Crippen molar-refractivity contribution in [3.05, 3.63) is 51.8 Å². The van der Waals surface area contributed by atoms with E-state index in [0.717, 1.165) is 0 Å². The monoisotopic (exact) mass is 413 g/mol. The fourth-order valence-corrected chi connectivity index (χ4v) is 3.56. The molecule has 0 radical (unpaired) electrons. The van der Waals surface area contributed by atoms with Crippen molar-refractivity contribution in [3.63, 3.8) is 0 Å². The van der Waals surface area contributed by atoms with Crippen LogP contribution in [0.2, 0.25) is 10.0 Å². The van der Waals surface area contributed by atoms with Crippen molar-refractivity contribution in [3.8, 4) is 0 Å². The Hall–Kier alpha value is -1.93. The summed E-state index contributed by atoms with van der Waals surface area (Å²) in [7, 11) is 0. The maximum absolute atomic E-state index is 14.4. The van der Waals surface area contributed by atoms with Gasteiger partial charge in [0.1, 0.15) is 5.83 Å². The van der Waals surface area contributed by atoms with Crippen LogP contribution in [0.4, 0.5) is 10.1 Å². The number of amides is 2. The summed E-state index contributed by atoms with van der Waals surface area (Å²) in [6.45, 7) is 2.10. The molecule has 3 N–H and O–H groups in total. The fourth-order valence-electron chi connectivity index (χ4n) is 3.27. The standard InChI is InChI=1S/C18H18Cl2FN3O3/c1-9-14(5-3-11(16(9)21)17(25)23-27)22-15-6-7-24(18(15)26)10-2-4-12(19)13(20)8-10/h2-5,8-9,14-15,22,27H,6-7H2,1H3,(H,23,25). The van der Waals surface area contributed by atoms with E-state index in [1.165, 1.54) is 11.6 Å². The summed E-state index contributed by atoms with van der Waals surface area (Å²) in [6.07, 6.45) is 3.47. The number of nitrogens with zero attached hydrogens (tertiary/aromatic N) is 1. The zero-order valence-electron chi connectivity index (χ0n) is 14.4. The Morgan fingerprint density at radius 3 is 2.74 bits per heavy atom. The second-order valence-corrected chi connectivity index (χ2v) is 7.29. The van der Waals surface area contributed by atoms with Crippen LogP contribution in [0.25, 0.3) is 0 Å². The van der Waals surface area contributed by atoms with Crippen LogP contribution in [0.3, 0.4) is 0 Å². The van der Waals surface area contributed by atoms with Gasteiger partial charge >= 0.3 is 0 Å². The molecule has 1 heterocycles. The van der Waals surface area contributed by atoms with Gasteiger partial charge in [-0.25, -0.2) is 9.87 Å². The molecule has 9 heteroatoms. The van der Waals surface area contributed by atoms with Crippen molar-refractivity contribution in [2.24, 2.45) is 5.92 Å². The summed E-state index contributed by atoms with van der Waals surface area (Å²) in [4.78, 5) is 25.8. The van der Waals surface area contributed by atoms with Crippen LogP contribution >= 0.6 is 23.2 Å². The van der Waals surface area contributed by atoms with Crippen LogP contribution in [0.1, 0.15) is 13.3 Å². The Morgan fingerprint density at radius 2 is 2.07 bits per heavy atom. The average molecular weight is 414 g/mol. The molecule has 1 saturated heterocycles. The van der Waals surface area contributed by atoms with E-state index in [9.17, 15) is 14.0 Å². The lowest BCUT2D eigenvalue weighted by Crippen LogP contribution is -2.46. The summed E-state index contributed by atoms with van der Waals surface area (Å²) in [5, 5.41) is 12.6. The summed E-state index contributed by atoms with van der Waals surface area (Å²) >= 11 is 11.9. The van der Waals surface area contributed by atoms with Crippen LogP contribution in [0, 0.1) is 5.92 Å². The highest BCUT2D eigenvalue weighted by Crippen LogP contribution is 2.31. The summed E-state index contributed by atoms with van der Waals surface area (Å²) in [5.41, 5.74) is 1.85. The zero-order valence-corrected chi connectivity index (χ0v) is 15.9. The van der Waals surface area contributed by atoms with E-state index < -0.39 is 29.7 Å². The number of carbonyl (C=O) groups excluding carboxylic acids is 2. The normalized spacial score (nSPS) is 25.3. The Bertz CT molecular complexity index is 843. The van der Waals surface area contributed by atoms with Gasteiger partial charge in [0.05, 0.1) is 21.7 Å². The lowest BCUT2D eigenvalue weighted by Gasteiger charge is -2.28. The first-order valence-corrected chi connectivity index (χ1v) is 9.14. The van der Waals surface area contributed by atoms with Crippen LogP contribution in [-0.4, -0.2) is 35.7 Å². The molecular formula is C18H18Cl2FN3O3. The first-order chi connectivity index (χ1) is 12.8. The largest absolute Gasteiger partial charge is 0.311 e. The molecule has 0 saturated carbocycles. The number of halogens is 3. The molecule has 3 unspecified atom stereocenters. The zero-order chi connectivity index (χ0) is 19.7. The van der Waals surface area contributed by atoms with E-state index in [2.05, 4.69) is 5.32 Å². The Balaban J connectivity index is 1.70. The summed E-state index contributed by atoms with van der Waals surface area (Å²) in [5.74, 6) is -2.35. The quantitative estimate of drug-likeness (QED) is 0.523. The highest BCUT2D eigenvalue weighted by molar-refractivity contribution is 6.42. The van der Waals surface area contributed by atoms with Gasteiger partial charge in [-0.15, -0.1) is 0 Å². The van der Waals surface area contributed by atoms with Gasteiger partial charge in [0, 0.05) is 24.2 Å². The third-order valence-corrected chi connectivity index (χ3v) is 5.57. The van der Waals surface area contributed by atoms with Gasteiger partial charge in [-0.1, -0.05) is 36.2 Å². The van der Waals surface area contributed by atoms with Gasteiger partial charge in [0.25, 0.3) is 5.91 Å². The predicted octanol–water partition coefficient (Wildman–Crippen LogP) is 2.99. The highest BCUT2D eigenvalue weighted by Gasteiger charge is 2.36. The lowest BCUT2D eigenvalue weighted by atomic mass is 9.90. The van der Waals surface area contributed by atoms with Gasteiger partial charge in [-0.05, 0) is 30.7 Å². The van der Waals surface area contributed by atoms with E-state index in [0.29, 0.717) is 28.7 Å². The maximum Gasteiger partial charge on any atom is 0.277 e. The molecule has 2 amide bonds. The first kappa shape index (κ1) is 19.8. The molecule has 1 aromatic carbocycles. The van der Waals surface area contributed by atoms with E-state index in [1.807, 2.05) is 0 Å². The Morgan fingerprint density at radius 1 is 1.33 bits per heavy atom. The molecule has 0 bridgehead atoms. The van der Waals surface area contributed by atoms with E-state index >= 15 is 0 Å². The SMILES string of the molecule is CC1C(F)=C(C(=O)NO)C=CC1NC1CCN(c2ccc(Cl)c(Cl)c2)C1=O. The molecular weight excluding hydrogens is 396 g/mol. The van der Waals surface area contributed by atoms with E-state index in [1.54, 1.807) is 36.1 Å². The van der Waals surface area contributed by atoms with Gasteiger partial charge in [-0.2, -0.15) is 0 Å². The van der Waals surface area contributed by atoms with Crippen molar-refractivity contribution in [2.75, 3.05) is 11.4 Å².